The fourth-order valence-electron chi connectivity index (χ4n) is 5.83. The maximum atomic E-state index is 9.77. The van der Waals surface area contributed by atoms with Crippen LogP contribution in [-0.4, -0.2) is 109 Å². The molecule has 278 valence electrons. The molecule has 0 radical (unpaired) electrons. The van der Waals surface area contributed by atoms with E-state index in [1.54, 1.807) is 0 Å². The SMILES string of the molecule is CC(CN(C)C)CN1c2ccccc2Sc2ccccc21.CN(C)CCCN1c2ccccc2Sc2ccc(Cl)cc21.O=C(O)C(O)C(O)C(=O)O. The van der Waals surface area contributed by atoms with Crippen LogP contribution in [0.4, 0.5) is 22.7 Å². The van der Waals surface area contributed by atoms with E-state index in [4.69, 9.17) is 32.0 Å². The van der Waals surface area contributed by atoms with Crippen LogP contribution in [0.15, 0.2) is 111 Å². The highest BCUT2D eigenvalue weighted by molar-refractivity contribution is 8.00. The fourth-order valence-corrected chi connectivity index (χ4v) is 8.17. The van der Waals surface area contributed by atoms with Crippen LogP contribution in [0, 0.1) is 5.92 Å². The van der Waals surface area contributed by atoms with Crippen molar-refractivity contribution < 1.29 is 30.0 Å². The number of aliphatic hydroxyl groups is 2. The predicted octanol–water partition coefficient (Wildman–Crippen LogP) is 7.26. The number of anilines is 4. The number of halogens is 1. The Labute approximate surface area is 319 Å². The van der Waals surface area contributed by atoms with Crippen molar-refractivity contribution in [2.75, 3.05) is 64.2 Å². The van der Waals surface area contributed by atoms with Gasteiger partial charge in [-0.25, -0.2) is 9.59 Å². The summed E-state index contributed by atoms with van der Waals surface area (Å²) in [6.45, 7) is 6.57. The number of aliphatic carboxylic acids is 2. The lowest BCUT2D eigenvalue weighted by Gasteiger charge is -2.35. The molecule has 4 aromatic carbocycles. The van der Waals surface area contributed by atoms with E-state index in [2.05, 4.69) is 140 Å². The van der Waals surface area contributed by atoms with Gasteiger partial charge in [0.1, 0.15) is 0 Å². The molecule has 6 rings (SSSR count). The molecular weight excluding hydrogens is 720 g/mol. The minimum absolute atomic E-state index is 0.615. The van der Waals surface area contributed by atoms with E-state index >= 15 is 0 Å². The second-order valence-electron chi connectivity index (χ2n) is 13.1. The number of carboxylic acid groups (broad SMARTS) is 2. The number of aliphatic hydroxyl groups excluding tert-OH is 2. The molecular formula is C39H47ClN4O6S2. The number of fused-ring (bicyclic) bond motifs is 4. The van der Waals surface area contributed by atoms with Crippen LogP contribution in [0.3, 0.4) is 0 Å². The van der Waals surface area contributed by atoms with E-state index in [1.165, 1.54) is 42.3 Å². The van der Waals surface area contributed by atoms with Crippen molar-refractivity contribution in [1.82, 2.24) is 9.80 Å². The fraction of sp³-hybridized carbons (Fsp3) is 0.333. The van der Waals surface area contributed by atoms with Crippen molar-refractivity contribution in [1.29, 1.82) is 0 Å². The molecule has 0 amide bonds. The van der Waals surface area contributed by atoms with Gasteiger partial charge in [0.25, 0.3) is 0 Å². The molecule has 2 aliphatic rings. The van der Waals surface area contributed by atoms with E-state index in [9.17, 15) is 9.59 Å². The highest BCUT2D eigenvalue weighted by Gasteiger charge is 2.29. The number of benzene rings is 4. The summed E-state index contributed by atoms with van der Waals surface area (Å²) in [6.07, 6.45) is -3.41. The molecule has 0 bridgehead atoms. The molecule has 0 aliphatic carbocycles. The molecule has 0 saturated carbocycles. The van der Waals surface area contributed by atoms with Crippen molar-refractivity contribution in [3.05, 3.63) is 96.0 Å². The Kier molecular flexibility index (Phi) is 15.3. The zero-order valence-electron chi connectivity index (χ0n) is 30.0. The number of carbonyl (C=O) groups is 2. The van der Waals surface area contributed by atoms with Gasteiger partial charge in [-0.15, -0.1) is 0 Å². The normalized spacial score (nSPS) is 14.3. The number of carboxylic acids is 2. The van der Waals surface area contributed by atoms with Crippen LogP contribution in [-0.2, 0) is 9.59 Å². The second kappa shape index (κ2) is 19.4. The Bertz CT molecular complexity index is 1750. The van der Waals surface area contributed by atoms with Crippen molar-refractivity contribution in [2.45, 2.75) is 45.1 Å². The third-order valence-corrected chi connectivity index (χ3v) is 10.6. The van der Waals surface area contributed by atoms with E-state index in [0.717, 1.165) is 37.6 Å². The molecule has 0 spiro atoms. The van der Waals surface area contributed by atoms with Crippen LogP contribution in [0.5, 0.6) is 0 Å². The molecule has 0 saturated heterocycles. The monoisotopic (exact) mass is 766 g/mol. The first-order valence-electron chi connectivity index (χ1n) is 16.9. The van der Waals surface area contributed by atoms with E-state index < -0.39 is 24.1 Å². The zero-order chi connectivity index (χ0) is 37.9. The predicted molar refractivity (Wildman–Crippen MR) is 211 cm³/mol. The first kappa shape index (κ1) is 41.0. The molecule has 4 N–H and O–H groups in total. The standard InChI is InChI=1S/C18H22N2S.C17H19ClN2S.C4H6O6/c1-14(12-19(2)3)13-20-15-8-4-6-10-17(15)21-18-11-7-5-9-16(18)20;1-19(2)10-5-11-20-14-6-3-4-7-16(14)21-17-9-8-13(18)12-15(17)20;5-1(3(7)8)2(6)4(9)10/h4-11,14H,12-13H2,1-3H3;3-4,6-9,12H,5,10-11H2,1-2H3;1-2,5-6H,(H,7,8)(H,9,10). The zero-order valence-corrected chi connectivity index (χ0v) is 32.4. The van der Waals surface area contributed by atoms with Crippen molar-refractivity contribution in [3.63, 3.8) is 0 Å². The molecule has 2 aliphatic heterocycles. The Morgan fingerprint density at radius 3 is 1.56 bits per heavy atom. The topological polar surface area (TPSA) is 128 Å². The summed E-state index contributed by atoms with van der Waals surface area (Å²) in [5.74, 6) is -2.92. The Morgan fingerprint density at radius 1 is 0.673 bits per heavy atom. The Hall–Kier alpha value is -3.75. The lowest BCUT2D eigenvalue weighted by atomic mass is 10.1. The van der Waals surface area contributed by atoms with Gasteiger partial charge in [0.2, 0.25) is 0 Å². The lowest BCUT2D eigenvalue weighted by molar-refractivity contribution is -0.165. The number of para-hydroxylation sites is 3. The molecule has 52 heavy (non-hydrogen) atoms. The molecule has 3 unspecified atom stereocenters. The third kappa shape index (κ3) is 11.1. The summed E-state index contributed by atoms with van der Waals surface area (Å²) in [5.41, 5.74) is 5.19. The summed E-state index contributed by atoms with van der Waals surface area (Å²) in [7, 11) is 8.52. The van der Waals surface area contributed by atoms with E-state index in [-0.39, 0.29) is 0 Å². The smallest absolute Gasteiger partial charge is 0.335 e. The van der Waals surface area contributed by atoms with Gasteiger partial charge in [-0.3, -0.25) is 0 Å². The van der Waals surface area contributed by atoms with Gasteiger partial charge >= 0.3 is 11.9 Å². The molecule has 13 heteroatoms. The number of hydrogen-bond donors (Lipinski definition) is 4. The summed E-state index contributed by atoms with van der Waals surface area (Å²) < 4.78 is 0. The number of rotatable bonds is 11. The highest BCUT2D eigenvalue weighted by atomic mass is 35.5. The lowest BCUT2D eigenvalue weighted by Crippen LogP contribution is -2.39. The van der Waals surface area contributed by atoms with Crippen LogP contribution in [0.2, 0.25) is 5.02 Å². The summed E-state index contributed by atoms with van der Waals surface area (Å²) >= 11 is 9.91. The van der Waals surface area contributed by atoms with Crippen molar-refractivity contribution in [3.8, 4) is 0 Å². The van der Waals surface area contributed by atoms with Gasteiger partial charge in [0, 0.05) is 44.2 Å². The van der Waals surface area contributed by atoms with Crippen molar-refractivity contribution in [2.24, 2.45) is 5.92 Å². The molecule has 10 nitrogen and oxygen atoms in total. The maximum absolute atomic E-state index is 9.77. The highest BCUT2D eigenvalue weighted by Crippen LogP contribution is 2.49. The van der Waals surface area contributed by atoms with Crippen LogP contribution >= 0.6 is 35.1 Å². The first-order valence-corrected chi connectivity index (χ1v) is 18.9. The van der Waals surface area contributed by atoms with Gasteiger partial charge in [-0.05, 0) is 102 Å². The van der Waals surface area contributed by atoms with Crippen LogP contribution in [0.1, 0.15) is 13.3 Å². The maximum Gasteiger partial charge on any atom is 0.335 e. The quantitative estimate of drug-likeness (QED) is 0.123. The molecule has 3 atom stereocenters. The minimum Gasteiger partial charge on any atom is -0.479 e. The average molecular weight is 767 g/mol. The summed E-state index contributed by atoms with van der Waals surface area (Å²) in [6, 6.07) is 32.2. The van der Waals surface area contributed by atoms with Gasteiger partial charge in [0.15, 0.2) is 12.2 Å². The minimum atomic E-state index is -2.27. The summed E-state index contributed by atoms with van der Waals surface area (Å²) in [4.78, 5) is 34.2. The van der Waals surface area contributed by atoms with E-state index in [1.807, 2.05) is 29.6 Å². The molecule has 4 aromatic rings. The van der Waals surface area contributed by atoms with Gasteiger partial charge in [-0.2, -0.15) is 0 Å². The largest absolute Gasteiger partial charge is 0.479 e. The molecule has 2 heterocycles. The second-order valence-corrected chi connectivity index (χ2v) is 15.7. The van der Waals surface area contributed by atoms with Crippen molar-refractivity contribution >= 4 is 69.8 Å². The Balaban J connectivity index is 0.000000187. The third-order valence-electron chi connectivity index (χ3n) is 8.08. The Morgan fingerprint density at radius 2 is 1.12 bits per heavy atom. The first-order chi connectivity index (χ1) is 24.8. The molecule has 0 aromatic heterocycles. The molecule has 0 fully saturated rings. The van der Waals surface area contributed by atoms with Gasteiger partial charge in [-0.1, -0.05) is 78.4 Å². The summed E-state index contributed by atoms with van der Waals surface area (Å²) in [5, 5.41) is 33.3. The number of hydrogen-bond acceptors (Lipinski definition) is 10. The number of nitrogens with zero attached hydrogens (tertiary/aromatic N) is 4. The van der Waals surface area contributed by atoms with Crippen LogP contribution in [0.25, 0.3) is 0 Å². The van der Waals surface area contributed by atoms with E-state index in [0.29, 0.717) is 5.92 Å². The van der Waals surface area contributed by atoms with Gasteiger partial charge < -0.3 is 40.0 Å². The average Bonchev–Trinajstić information content (AvgIpc) is 3.10. The van der Waals surface area contributed by atoms with Gasteiger partial charge in [0.05, 0.1) is 22.7 Å². The van der Waals surface area contributed by atoms with Crippen LogP contribution < -0.4 is 9.80 Å².